The van der Waals surface area contributed by atoms with Gasteiger partial charge in [0.2, 0.25) is 5.91 Å². The van der Waals surface area contributed by atoms with Crippen LogP contribution in [-0.4, -0.2) is 34.8 Å². The van der Waals surface area contributed by atoms with Crippen molar-refractivity contribution in [3.05, 3.63) is 95.6 Å². The summed E-state index contributed by atoms with van der Waals surface area (Å²) in [4.78, 5) is 33.1. The molecular formula is C28H30FN3O3. The first kappa shape index (κ1) is 24.4. The minimum absolute atomic E-state index is 0.00847. The third kappa shape index (κ3) is 6.04. The zero-order valence-electron chi connectivity index (χ0n) is 19.8. The summed E-state index contributed by atoms with van der Waals surface area (Å²) in [7, 11) is 1.57. The van der Waals surface area contributed by atoms with Crippen molar-refractivity contribution in [2.75, 3.05) is 7.11 Å². The molecule has 7 heteroatoms. The highest BCUT2D eigenvalue weighted by Gasteiger charge is 2.35. The second kappa shape index (κ2) is 11.6. The Morgan fingerprint density at radius 1 is 1.06 bits per heavy atom. The Kier molecular flexibility index (Phi) is 8.08. The topological polar surface area (TPSA) is 71.5 Å². The number of ether oxygens (including phenoxy) is 1. The van der Waals surface area contributed by atoms with Gasteiger partial charge in [-0.25, -0.2) is 4.39 Å². The number of hydrogen-bond donors (Lipinski definition) is 1. The van der Waals surface area contributed by atoms with Crippen molar-refractivity contribution < 1.29 is 18.7 Å². The number of methoxy groups -OCH3 is 1. The SMILES string of the molecule is COc1cccc(CN(C(=O)c2ccccn2)[C@@H](C(=O)NC2CCCCC2)c2ccccc2F)c1. The molecule has 1 saturated carbocycles. The Morgan fingerprint density at radius 3 is 2.54 bits per heavy atom. The Labute approximate surface area is 205 Å². The number of nitrogens with zero attached hydrogens (tertiary/aromatic N) is 2. The molecule has 1 aliphatic rings. The van der Waals surface area contributed by atoms with Gasteiger partial charge >= 0.3 is 0 Å². The number of aromatic nitrogens is 1. The van der Waals surface area contributed by atoms with E-state index in [0.29, 0.717) is 5.75 Å². The molecule has 1 heterocycles. The van der Waals surface area contributed by atoms with Gasteiger partial charge in [0.15, 0.2) is 0 Å². The van der Waals surface area contributed by atoms with Crippen molar-refractivity contribution in [1.29, 1.82) is 0 Å². The summed E-state index contributed by atoms with van der Waals surface area (Å²) in [5.74, 6) is -0.766. The largest absolute Gasteiger partial charge is 0.497 e. The summed E-state index contributed by atoms with van der Waals surface area (Å²) in [6, 6.07) is 17.3. The maximum atomic E-state index is 15.1. The second-order valence-electron chi connectivity index (χ2n) is 8.77. The van der Waals surface area contributed by atoms with Crippen LogP contribution < -0.4 is 10.1 Å². The Balaban J connectivity index is 1.76. The normalized spacial score (nSPS) is 14.7. The van der Waals surface area contributed by atoms with Crippen LogP contribution in [0.5, 0.6) is 5.75 Å². The van der Waals surface area contributed by atoms with Crippen LogP contribution in [-0.2, 0) is 11.3 Å². The molecular weight excluding hydrogens is 445 g/mol. The minimum Gasteiger partial charge on any atom is -0.497 e. The highest BCUT2D eigenvalue weighted by atomic mass is 19.1. The van der Waals surface area contributed by atoms with Crippen LogP contribution in [0.2, 0.25) is 0 Å². The summed E-state index contributed by atoms with van der Waals surface area (Å²) in [6.07, 6.45) is 6.49. The van der Waals surface area contributed by atoms with Crippen molar-refractivity contribution in [1.82, 2.24) is 15.2 Å². The van der Waals surface area contributed by atoms with E-state index in [1.54, 1.807) is 55.6 Å². The number of benzene rings is 2. The van der Waals surface area contributed by atoms with Gasteiger partial charge in [-0.3, -0.25) is 14.6 Å². The molecule has 0 aliphatic heterocycles. The van der Waals surface area contributed by atoms with Crippen LogP contribution in [0.15, 0.2) is 72.9 Å². The van der Waals surface area contributed by atoms with E-state index in [-0.39, 0.29) is 23.8 Å². The van der Waals surface area contributed by atoms with Gasteiger partial charge in [-0.15, -0.1) is 0 Å². The van der Waals surface area contributed by atoms with Crippen LogP contribution >= 0.6 is 0 Å². The third-order valence-electron chi connectivity index (χ3n) is 6.34. The molecule has 35 heavy (non-hydrogen) atoms. The van der Waals surface area contributed by atoms with E-state index < -0.39 is 23.7 Å². The van der Waals surface area contributed by atoms with Crippen molar-refractivity contribution in [3.8, 4) is 5.75 Å². The zero-order chi connectivity index (χ0) is 24.6. The summed E-state index contributed by atoms with van der Waals surface area (Å²) >= 11 is 0. The summed E-state index contributed by atoms with van der Waals surface area (Å²) in [5.41, 5.74) is 1.08. The molecule has 0 spiro atoms. The van der Waals surface area contributed by atoms with Crippen LogP contribution in [0.1, 0.15) is 59.8 Å². The number of carbonyl (C=O) groups excluding carboxylic acids is 2. The minimum atomic E-state index is -1.17. The zero-order valence-corrected chi connectivity index (χ0v) is 19.8. The molecule has 2 aromatic carbocycles. The quantitative estimate of drug-likeness (QED) is 0.494. The first-order valence-corrected chi connectivity index (χ1v) is 12.0. The van der Waals surface area contributed by atoms with Crippen molar-refractivity contribution in [2.24, 2.45) is 0 Å². The van der Waals surface area contributed by atoms with Gasteiger partial charge in [0.25, 0.3) is 5.91 Å². The first-order chi connectivity index (χ1) is 17.1. The highest BCUT2D eigenvalue weighted by molar-refractivity contribution is 5.96. The third-order valence-corrected chi connectivity index (χ3v) is 6.34. The van der Waals surface area contributed by atoms with Gasteiger partial charge < -0.3 is 15.0 Å². The molecule has 4 rings (SSSR count). The van der Waals surface area contributed by atoms with Crippen LogP contribution in [0.4, 0.5) is 4.39 Å². The predicted molar refractivity (Wildman–Crippen MR) is 131 cm³/mol. The maximum absolute atomic E-state index is 15.1. The molecule has 2 amide bonds. The van der Waals surface area contributed by atoms with E-state index in [1.807, 2.05) is 12.1 Å². The lowest BCUT2D eigenvalue weighted by atomic mass is 9.94. The smallest absolute Gasteiger partial charge is 0.273 e. The number of hydrogen-bond acceptors (Lipinski definition) is 4. The fraction of sp³-hybridized carbons (Fsp3) is 0.321. The molecule has 3 aromatic rings. The predicted octanol–water partition coefficient (Wildman–Crippen LogP) is 5.06. The molecule has 1 N–H and O–H groups in total. The average Bonchev–Trinajstić information content (AvgIpc) is 2.90. The number of carbonyl (C=O) groups is 2. The van der Waals surface area contributed by atoms with Crippen LogP contribution in [0.25, 0.3) is 0 Å². The van der Waals surface area contributed by atoms with Crippen LogP contribution in [0, 0.1) is 5.82 Å². The fourth-order valence-electron chi connectivity index (χ4n) is 4.56. The number of rotatable bonds is 8. The van der Waals surface area contributed by atoms with Crippen molar-refractivity contribution in [2.45, 2.75) is 50.7 Å². The number of nitrogens with one attached hydrogen (secondary N) is 1. The van der Waals surface area contributed by atoms with Gasteiger partial charge in [0.05, 0.1) is 7.11 Å². The number of pyridine rings is 1. The Bertz CT molecular complexity index is 1150. The molecule has 1 fully saturated rings. The van der Waals surface area contributed by atoms with E-state index in [0.717, 1.165) is 37.7 Å². The molecule has 1 aliphatic carbocycles. The van der Waals surface area contributed by atoms with E-state index in [1.165, 1.54) is 17.2 Å². The highest BCUT2D eigenvalue weighted by Crippen LogP contribution is 2.29. The Morgan fingerprint density at radius 2 is 1.83 bits per heavy atom. The summed E-state index contributed by atoms with van der Waals surface area (Å²) in [5, 5.41) is 3.10. The molecule has 0 unspecified atom stereocenters. The molecule has 0 bridgehead atoms. The lowest BCUT2D eigenvalue weighted by Gasteiger charge is -2.33. The molecule has 6 nitrogen and oxygen atoms in total. The van der Waals surface area contributed by atoms with E-state index in [9.17, 15) is 9.59 Å². The molecule has 0 radical (unpaired) electrons. The number of halogens is 1. The molecule has 1 aromatic heterocycles. The maximum Gasteiger partial charge on any atom is 0.273 e. The first-order valence-electron chi connectivity index (χ1n) is 12.0. The lowest BCUT2D eigenvalue weighted by Crippen LogP contribution is -2.47. The molecule has 182 valence electrons. The van der Waals surface area contributed by atoms with Crippen LogP contribution in [0.3, 0.4) is 0 Å². The van der Waals surface area contributed by atoms with E-state index in [4.69, 9.17) is 4.74 Å². The van der Waals surface area contributed by atoms with Crippen molar-refractivity contribution in [3.63, 3.8) is 0 Å². The monoisotopic (exact) mass is 475 g/mol. The summed E-state index contributed by atoms with van der Waals surface area (Å²) < 4.78 is 20.4. The number of amides is 2. The van der Waals surface area contributed by atoms with Crippen molar-refractivity contribution >= 4 is 11.8 Å². The second-order valence-corrected chi connectivity index (χ2v) is 8.77. The van der Waals surface area contributed by atoms with E-state index in [2.05, 4.69) is 10.3 Å². The lowest BCUT2D eigenvalue weighted by molar-refractivity contribution is -0.127. The van der Waals surface area contributed by atoms with E-state index >= 15 is 4.39 Å². The standard InChI is InChI=1S/C28H30FN3O3/c1-35-22-13-9-10-20(18-22)19-32(28(34)25-16-7-8-17-30-25)26(23-14-5-6-15-24(23)29)27(33)31-21-11-3-2-4-12-21/h5-10,13-18,21,26H,2-4,11-12,19H2,1H3,(H,31,33)/t26-/m1/s1. The summed E-state index contributed by atoms with van der Waals surface area (Å²) in [6.45, 7) is 0.0731. The van der Waals surface area contributed by atoms with Gasteiger partial charge in [0, 0.05) is 24.3 Å². The average molecular weight is 476 g/mol. The van der Waals surface area contributed by atoms with Gasteiger partial charge in [-0.1, -0.05) is 55.7 Å². The molecule has 1 atom stereocenters. The van der Waals surface area contributed by atoms with Gasteiger partial charge in [0.1, 0.15) is 23.3 Å². The Hall–Kier alpha value is -3.74. The van der Waals surface area contributed by atoms with Gasteiger partial charge in [-0.2, -0.15) is 0 Å². The molecule has 0 saturated heterocycles. The fourth-order valence-corrected chi connectivity index (χ4v) is 4.56. The van der Waals surface area contributed by atoms with Gasteiger partial charge in [-0.05, 0) is 48.7 Å².